The molecule has 29 heavy (non-hydrogen) atoms. The predicted octanol–water partition coefficient (Wildman–Crippen LogP) is 6.56. The van der Waals surface area contributed by atoms with E-state index in [-0.39, 0.29) is 16.5 Å². The van der Waals surface area contributed by atoms with Crippen molar-refractivity contribution < 1.29 is 17.7 Å². The lowest BCUT2D eigenvalue weighted by Gasteiger charge is -2.15. The number of benzene rings is 2. The van der Waals surface area contributed by atoms with Crippen molar-refractivity contribution in [1.29, 1.82) is 0 Å². The highest BCUT2D eigenvalue weighted by Crippen LogP contribution is 2.47. The zero-order valence-electron chi connectivity index (χ0n) is 15.4. The molecule has 1 aliphatic rings. The summed E-state index contributed by atoms with van der Waals surface area (Å²) >= 11 is 1.23. The fraction of sp³-hybridized carbons (Fsp3) is 0.182. The summed E-state index contributed by atoms with van der Waals surface area (Å²) in [5.74, 6) is -0.315. The molecular weight excluding hydrogens is 397 g/mol. The maximum absolute atomic E-state index is 14.0. The molecule has 0 spiro atoms. The van der Waals surface area contributed by atoms with E-state index in [4.69, 9.17) is 4.52 Å². The van der Waals surface area contributed by atoms with Crippen LogP contribution in [0.4, 0.5) is 13.2 Å². The molecule has 1 aliphatic carbocycles. The Morgan fingerprint density at radius 3 is 2.59 bits per heavy atom. The van der Waals surface area contributed by atoms with Gasteiger partial charge in [0.2, 0.25) is 5.76 Å². The minimum Gasteiger partial charge on any atom is -0.352 e. The van der Waals surface area contributed by atoms with Crippen LogP contribution in [0.2, 0.25) is 0 Å². The summed E-state index contributed by atoms with van der Waals surface area (Å²) in [6, 6.07) is 14.4. The first-order chi connectivity index (χ1) is 13.9. The SMILES string of the molecule is Cc1ccc2c(c1)CCc1nc(-c3onc(-c4ccccc4)c3C(F)(F)F)sc1-2. The fourth-order valence-electron chi connectivity index (χ4n) is 3.72. The third kappa shape index (κ3) is 3.06. The first kappa shape index (κ1) is 18.1. The first-order valence-corrected chi connectivity index (χ1v) is 9.96. The second-order valence-electron chi connectivity index (χ2n) is 7.05. The van der Waals surface area contributed by atoms with Gasteiger partial charge in [-0.1, -0.05) is 59.3 Å². The fourth-order valence-corrected chi connectivity index (χ4v) is 4.88. The normalized spacial score (nSPS) is 13.2. The number of hydrogen-bond donors (Lipinski definition) is 0. The van der Waals surface area contributed by atoms with Gasteiger partial charge in [-0.2, -0.15) is 13.2 Å². The quantitative estimate of drug-likeness (QED) is 0.374. The minimum atomic E-state index is -4.61. The summed E-state index contributed by atoms with van der Waals surface area (Å²) in [5, 5.41) is 3.98. The van der Waals surface area contributed by atoms with E-state index in [2.05, 4.69) is 16.2 Å². The van der Waals surface area contributed by atoms with Crippen LogP contribution in [0.25, 0.3) is 32.5 Å². The summed E-state index contributed by atoms with van der Waals surface area (Å²) in [5.41, 5.74) is 3.49. The standard InChI is InChI=1S/C22H15F3N2OS/c1-12-7-9-15-14(11-12)8-10-16-20(15)29-21(26-16)19-17(22(23,24)25)18(27-28-19)13-5-3-2-4-6-13/h2-7,9,11H,8,10H2,1H3. The van der Waals surface area contributed by atoms with Crippen molar-refractivity contribution in [3.8, 4) is 32.5 Å². The number of thiazole rings is 1. The third-order valence-corrected chi connectivity index (χ3v) is 6.18. The van der Waals surface area contributed by atoms with Crippen LogP contribution in [-0.2, 0) is 19.0 Å². The summed E-state index contributed by atoms with van der Waals surface area (Å²) in [6.07, 6.45) is -3.09. The molecule has 2 aromatic carbocycles. The molecule has 2 heterocycles. The van der Waals surface area contributed by atoms with Crippen molar-refractivity contribution in [1.82, 2.24) is 10.1 Å². The number of aryl methyl sites for hydroxylation is 3. The van der Waals surface area contributed by atoms with E-state index < -0.39 is 11.7 Å². The molecule has 146 valence electrons. The maximum atomic E-state index is 14.0. The van der Waals surface area contributed by atoms with Crippen LogP contribution in [-0.4, -0.2) is 10.1 Å². The van der Waals surface area contributed by atoms with Crippen LogP contribution >= 0.6 is 11.3 Å². The molecule has 0 saturated carbocycles. The van der Waals surface area contributed by atoms with Crippen LogP contribution < -0.4 is 0 Å². The average molecular weight is 412 g/mol. The van der Waals surface area contributed by atoms with Gasteiger partial charge in [-0.3, -0.25) is 0 Å². The molecule has 0 N–H and O–H groups in total. The number of fused-ring (bicyclic) bond motifs is 3. The van der Waals surface area contributed by atoms with Gasteiger partial charge in [-0.25, -0.2) is 4.98 Å². The first-order valence-electron chi connectivity index (χ1n) is 9.14. The van der Waals surface area contributed by atoms with Gasteiger partial charge in [0, 0.05) is 5.56 Å². The number of rotatable bonds is 2. The van der Waals surface area contributed by atoms with Crippen LogP contribution in [0.5, 0.6) is 0 Å². The average Bonchev–Trinajstić information content (AvgIpc) is 3.32. The molecule has 0 aliphatic heterocycles. The zero-order valence-corrected chi connectivity index (χ0v) is 16.2. The Morgan fingerprint density at radius 2 is 1.83 bits per heavy atom. The maximum Gasteiger partial charge on any atom is 0.422 e. The van der Waals surface area contributed by atoms with Crippen molar-refractivity contribution in [3.05, 3.63) is 70.9 Å². The van der Waals surface area contributed by atoms with Crippen LogP contribution in [0, 0.1) is 6.92 Å². The van der Waals surface area contributed by atoms with Crippen molar-refractivity contribution in [2.24, 2.45) is 0 Å². The van der Waals surface area contributed by atoms with Gasteiger partial charge in [0.25, 0.3) is 0 Å². The summed E-state index contributed by atoms with van der Waals surface area (Å²) in [7, 11) is 0. The molecule has 0 bridgehead atoms. The Labute approximate surface area is 168 Å². The molecule has 0 radical (unpaired) electrons. The van der Waals surface area contributed by atoms with E-state index in [0.29, 0.717) is 12.0 Å². The molecule has 0 atom stereocenters. The number of aromatic nitrogens is 2. The largest absolute Gasteiger partial charge is 0.422 e. The van der Waals surface area contributed by atoms with E-state index in [1.54, 1.807) is 30.3 Å². The summed E-state index contributed by atoms with van der Waals surface area (Å²) < 4.78 is 47.1. The van der Waals surface area contributed by atoms with Crippen molar-refractivity contribution in [3.63, 3.8) is 0 Å². The topological polar surface area (TPSA) is 38.9 Å². The predicted molar refractivity (Wildman–Crippen MR) is 106 cm³/mol. The molecule has 5 rings (SSSR count). The lowest BCUT2D eigenvalue weighted by Crippen LogP contribution is -2.07. The van der Waals surface area contributed by atoms with Crippen molar-refractivity contribution in [2.45, 2.75) is 25.9 Å². The molecule has 0 fully saturated rings. The Bertz CT molecular complexity index is 1210. The van der Waals surface area contributed by atoms with E-state index in [1.165, 1.54) is 22.5 Å². The monoisotopic (exact) mass is 412 g/mol. The van der Waals surface area contributed by atoms with E-state index in [1.807, 2.05) is 19.1 Å². The molecule has 0 unspecified atom stereocenters. The number of nitrogens with zero attached hydrogens (tertiary/aromatic N) is 2. The molecule has 3 nitrogen and oxygen atoms in total. The Balaban J connectivity index is 1.67. The van der Waals surface area contributed by atoms with Crippen LogP contribution in [0.1, 0.15) is 22.4 Å². The third-order valence-electron chi connectivity index (χ3n) is 5.05. The Kier molecular flexibility index (Phi) is 4.10. The zero-order chi connectivity index (χ0) is 20.2. The molecule has 0 saturated heterocycles. The highest BCUT2D eigenvalue weighted by Gasteiger charge is 2.42. The van der Waals surface area contributed by atoms with Crippen LogP contribution in [0.3, 0.4) is 0 Å². The van der Waals surface area contributed by atoms with Crippen molar-refractivity contribution >= 4 is 11.3 Å². The van der Waals surface area contributed by atoms with E-state index in [0.717, 1.165) is 22.6 Å². The molecule has 0 amide bonds. The lowest BCUT2D eigenvalue weighted by molar-refractivity contribution is -0.136. The van der Waals surface area contributed by atoms with Gasteiger partial charge in [-0.15, -0.1) is 11.3 Å². The minimum absolute atomic E-state index is 0.211. The summed E-state index contributed by atoms with van der Waals surface area (Å²) in [6.45, 7) is 2.03. The van der Waals surface area contributed by atoms with Crippen LogP contribution in [0.15, 0.2) is 53.1 Å². The molecule has 7 heteroatoms. The molecular formula is C22H15F3N2OS. The highest BCUT2D eigenvalue weighted by molar-refractivity contribution is 7.18. The van der Waals surface area contributed by atoms with Gasteiger partial charge in [0.05, 0.1) is 10.6 Å². The van der Waals surface area contributed by atoms with Crippen molar-refractivity contribution in [2.75, 3.05) is 0 Å². The number of hydrogen-bond acceptors (Lipinski definition) is 4. The Hall–Kier alpha value is -2.93. The molecule has 4 aromatic rings. The summed E-state index contributed by atoms with van der Waals surface area (Å²) in [4.78, 5) is 5.42. The Morgan fingerprint density at radius 1 is 1.03 bits per heavy atom. The van der Waals surface area contributed by atoms with Gasteiger partial charge in [0.15, 0.2) is 5.01 Å². The second kappa shape index (κ2) is 6.56. The van der Waals surface area contributed by atoms with E-state index >= 15 is 0 Å². The van der Waals surface area contributed by atoms with Gasteiger partial charge < -0.3 is 4.52 Å². The van der Waals surface area contributed by atoms with Gasteiger partial charge in [0.1, 0.15) is 11.3 Å². The van der Waals surface area contributed by atoms with Gasteiger partial charge in [-0.05, 0) is 30.9 Å². The second-order valence-corrected chi connectivity index (χ2v) is 8.05. The smallest absolute Gasteiger partial charge is 0.352 e. The van der Waals surface area contributed by atoms with E-state index in [9.17, 15) is 13.2 Å². The molecule has 2 aromatic heterocycles. The van der Waals surface area contributed by atoms with Gasteiger partial charge >= 0.3 is 6.18 Å². The lowest BCUT2D eigenvalue weighted by atomic mass is 9.92. The number of alkyl halides is 3. The number of halogens is 3. The highest BCUT2D eigenvalue weighted by atomic mass is 32.1.